The summed E-state index contributed by atoms with van der Waals surface area (Å²) in [4.78, 5) is 13.4. The summed E-state index contributed by atoms with van der Waals surface area (Å²) >= 11 is 0. The van der Waals surface area contributed by atoms with Crippen LogP contribution in [0.15, 0.2) is 24.3 Å². The van der Waals surface area contributed by atoms with Crippen molar-refractivity contribution < 1.29 is 9.18 Å². The first-order valence-corrected chi connectivity index (χ1v) is 5.01. The summed E-state index contributed by atoms with van der Waals surface area (Å²) in [6.07, 6.45) is 0.414. The molecule has 0 aliphatic carbocycles. The monoisotopic (exact) mass is 209 g/mol. The first-order chi connectivity index (χ1) is 7.07. The maximum atomic E-state index is 13.5. The Hall–Kier alpha value is -1.22. The lowest BCUT2D eigenvalue weighted by atomic mass is 10.00. The van der Waals surface area contributed by atoms with E-state index in [-0.39, 0.29) is 11.6 Å². The molecule has 0 amide bonds. The molecule has 0 aromatic heterocycles. The number of carbonyl (C=O) groups is 1. The summed E-state index contributed by atoms with van der Waals surface area (Å²) in [6.45, 7) is 1.79. The topological polar surface area (TPSA) is 20.3 Å². The number of nitrogens with zero attached hydrogens (tertiary/aromatic N) is 1. The molecule has 0 saturated heterocycles. The lowest BCUT2D eigenvalue weighted by Crippen LogP contribution is -2.28. The van der Waals surface area contributed by atoms with Gasteiger partial charge in [0.2, 0.25) is 0 Å². The van der Waals surface area contributed by atoms with Crippen LogP contribution < -0.4 is 0 Å². The molecule has 0 bridgehead atoms. The molecule has 1 atom stereocenters. The summed E-state index contributed by atoms with van der Waals surface area (Å²) in [5.74, 6) is -0.289. The zero-order valence-electron chi connectivity index (χ0n) is 9.33. The number of hydrogen-bond donors (Lipinski definition) is 0. The van der Waals surface area contributed by atoms with E-state index in [1.54, 1.807) is 44.1 Å². The number of ketones is 1. The van der Waals surface area contributed by atoms with Gasteiger partial charge in [0.1, 0.15) is 5.82 Å². The number of likely N-dealkylation sites (N-methyl/N-ethyl adjacent to an activating group) is 1. The van der Waals surface area contributed by atoms with Crippen LogP contribution in [0.2, 0.25) is 0 Å². The van der Waals surface area contributed by atoms with Gasteiger partial charge in [0, 0.05) is 12.0 Å². The normalized spacial score (nSPS) is 12.9. The summed E-state index contributed by atoms with van der Waals surface area (Å²) < 4.78 is 13.5. The largest absolute Gasteiger partial charge is 0.298 e. The van der Waals surface area contributed by atoms with Gasteiger partial charge in [-0.25, -0.2) is 4.39 Å². The number of hydrogen-bond acceptors (Lipinski definition) is 2. The summed E-state index contributed by atoms with van der Waals surface area (Å²) in [5.41, 5.74) is 0.453. The molecule has 0 N–H and O–H groups in total. The molecule has 1 aromatic carbocycles. The van der Waals surface area contributed by atoms with Crippen LogP contribution in [0.5, 0.6) is 0 Å². The predicted molar refractivity (Wildman–Crippen MR) is 58.1 cm³/mol. The highest BCUT2D eigenvalue weighted by Gasteiger charge is 2.23. The molecule has 2 nitrogen and oxygen atoms in total. The molecule has 0 radical (unpaired) electrons. The maximum Gasteiger partial charge on any atom is 0.154 e. The highest BCUT2D eigenvalue weighted by atomic mass is 19.1. The number of benzene rings is 1. The van der Waals surface area contributed by atoms with Gasteiger partial charge in [0.15, 0.2) is 5.78 Å². The van der Waals surface area contributed by atoms with Crippen LogP contribution in [0.3, 0.4) is 0 Å². The van der Waals surface area contributed by atoms with Gasteiger partial charge >= 0.3 is 0 Å². The second-order valence-electron chi connectivity index (χ2n) is 3.71. The Bertz CT molecular complexity index is 349. The standard InChI is InChI=1S/C12H16FNO/c1-4-11(15)12(14(2)3)9-7-5-6-8-10(9)13/h5-8,12H,4H2,1-3H3. The van der Waals surface area contributed by atoms with E-state index in [0.717, 1.165) is 0 Å². The Morgan fingerprint density at radius 3 is 2.47 bits per heavy atom. The number of rotatable bonds is 4. The van der Waals surface area contributed by atoms with Gasteiger partial charge in [-0.3, -0.25) is 9.69 Å². The van der Waals surface area contributed by atoms with Crippen LogP contribution in [-0.4, -0.2) is 24.8 Å². The molecule has 0 aliphatic rings. The molecule has 1 aromatic rings. The van der Waals surface area contributed by atoms with E-state index >= 15 is 0 Å². The average molecular weight is 209 g/mol. The zero-order chi connectivity index (χ0) is 11.4. The first kappa shape index (κ1) is 11.9. The maximum absolute atomic E-state index is 13.5. The molecular weight excluding hydrogens is 193 g/mol. The van der Waals surface area contributed by atoms with Crippen LogP contribution >= 0.6 is 0 Å². The molecule has 1 unspecified atom stereocenters. The van der Waals surface area contributed by atoms with E-state index in [1.165, 1.54) is 6.07 Å². The molecule has 1 rings (SSSR count). The van der Waals surface area contributed by atoms with Crippen LogP contribution in [-0.2, 0) is 4.79 Å². The van der Waals surface area contributed by atoms with Crippen molar-refractivity contribution in [2.75, 3.05) is 14.1 Å². The molecule has 0 saturated carbocycles. The summed E-state index contributed by atoms with van der Waals surface area (Å²) in [5, 5.41) is 0. The Labute approximate surface area is 89.7 Å². The zero-order valence-corrected chi connectivity index (χ0v) is 9.33. The Balaban J connectivity index is 3.10. The Kier molecular flexibility index (Phi) is 3.97. The number of halogens is 1. The fraction of sp³-hybridized carbons (Fsp3) is 0.417. The third kappa shape index (κ3) is 2.63. The quantitative estimate of drug-likeness (QED) is 0.759. The van der Waals surface area contributed by atoms with E-state index in [0.29, 0.717) is 12.0 Å². The van der Waals surface area contributed by atoms with Gasteiger partial charge in [-0.15, -0.1) is 0 Å². The fourth-order valence-corrected chi connectivity index (χ4v) is 1.63. The number of Topliss-reactive ketones (excluding diaryl/α,β-unsaturated/α-hetero) is 1. The molecule has 0 spiro atoms. The first-order valence-electron chi connectivity index (χ1n) is 5.01. The molecule has 0 aliphatic heterocycles. The van der Waals surface area contributed by atoms with Crippen molar-refractivity contribution in [1.82, 2.24) is 4.90 Å². The fourth-order valence-electron chi connectivity index (χ4n) is 1.63. The van der Waals surface area contributed by atoms with Gasteiger partial charge in [0.05, 0.1) is 6.04 Å². The minimum atomic E-state index is -0.476. The van der Waals surface area contributed by atoms with Crippen molar-refractivity contribution in [2.45, 2.75) is 19.4 Å². The molecular formula is C12H16FNO. The van der Waals surface area contributed by atoms with Crippen LogP contribution in [0.25, 0.3) is 0 Å². The van der Waals surface area contributed by atoms with E-state index < -0.39 is 6.04 Å². The summed E-state index contributed by atoms with van der Waals surface area (Å²) in [7, 11) is 3.56. The van der Waals surface area contributed by atoms with Crippen molar-refractivity contribution in [3.63, 3.8) is 0 Å². The Morgan fingerprint density at radius 2 is 2.00 bits per heavy atom. The van der Waals surface area contributed by atoms with E-state index in [1.807, 2.05) is 0 Å². The van der Waals surface area contributed by atoms with Crippen molar-refractivity contribution >= 4 is 5.78 Å². The second-order valence-corrected chi connectivity index (χ2v) is 3.71. The summed E-state index contributed by atoms with van der Waals surface area (Å²) in [6, 6.07) is 5.94. The number of carbonyl (C=O) groups excluding carboxylic acids is 1. The molecule has 0 fully saturated rings. The van der Waals surface area contributed by atoms with Crippen molar-refractivity contribution in [1.29, 1.82) is 0 Å². The highest BCUT2D eigenvalue weighted by Crippen LogP contribution is 2.22. The van der Waals surface area contributed by atoms with Gasteiger partial charge in [-0.1, -0.05) is 25.1 Å². The van der Waals surface area contributed by atoms with E-state index in [2.05, 4.69) is 0 Å². The van der Waals surface area contributed by atoms with Gasteiger partial charge < -0.3 is 0 Å². The SMILES string of the molecule is CCC(=O)C(c1ccccc1F)N(C)C. The molecule has 3 heteroatoms. The lowest BCUT2D eigenvalue weighted by Gasteiger charge is -2.23. The van der Waals surface area contributed by atoms with Crippen LogP contribution in [0.4, 0.5) is 4.39 Å². The van der Waals surface area contributed by atoms with Crippen LogP contribution in [0.1, 0.15) is 24.9 Å². The Morgan fingerprint density at radius 1 is 1.40 bits per heavy atom. The van der Waals surface area contributed by atoms with Gasteiger partial charge in [0.25, 0.3) is 0 Å². The average Bonchev–Trinajstić information content (AvgIpc) is 2.20. The lowest BCUT2D eigenvalue weighted by molar-refractivity contribution is -0.123. The minimum absolute atomic E-state index is 0.0325. The molecule has 82 valence electrons. The molecule has 0 heterocycles. The van der Waals surface area contributed by atoms with Crippen molar-refractivity contribution in [3.05, 3.63) is 35.6 Å². The highest BCUT2D eigenvalue weighted by molar-refractivity contribution is 5.85. The van der Waals surface area contributed by atoms with Crippen molar-refractivity contribution in [3.8, 4) is 0 Å². The molecule has 15 heavy (non-hydrogen) atoms. The van der Waals surface area contributed by atoms with Gasteiger partial charge in [-0.2, -0.15) is 0 Å². The van der Waals surface area contributed by atoms with Crippen molar-refractivity contribution in [2.24, 2.45) is 0 Å². The van der Waals surface area contributed by atoms with E-state index in [9.17, 15) is 9.18 Å². The predicted octanol–water partition coefficient (Wildman–Crippen LogP) is 2.41. The van der Waals surface area contributed by atoms with E-state index in [4.69, 9.17) is 0 Å². The smallest absolute Gasteiger partial charge is 0.154 e. The third-order valence-corrected chi connectivity index (χ3v) is 2.37. The van der Waals surface area contributed by atoms with Crippen LogP contribution in [0, 0.1) is 5.82 Å². The second kappa shape index (κ2) is 5.03. The minimum Gasteiger partial charge on any atom is -0.298 e. The van der Waals surface area contributed by atoms with Gasteiger partial charge in [-0.05, 0) is 20.2 Å². The third-order valence-electron chi connectivity index (χ3n) is 2.37.